The summed E-state index contributed by atoms with van der Waals surface area (Å²) in [5.41, 5.74) is 2.76. The molecule has 0 aliphatic carbocycles. The molecule has 0 saturated heterocycles. The highest BCUT2D eigenvalue weighted by Gasteiger charge is 2.14. The fraction of sp³-hybridized carbons (Fsp3) is 0.174. The number of nitrogens with one attached hydrogen (secondary N) is 1. The van der Waals surface area contributed by atoms with Crippen molar-refractivity contribution in [2.45, 2.75) is 20.1 Å². The van der Waals surface area contributed by atoms with E-state index >= 15 is 0 Å². The number of hydrogen-bond acceptors (Lipinski definition) is 4. The predicted molar refractivity (Wildman–Crippen MR) is 124 cm³/mol. The highest BCUT2D eigenvalue weighted by atomic mass is 35.5. The third-order valence-corrected chi connectivity index (χ3v) is 5.38. The average Bonchev–Trinajstić information content (AvgIpc) is 2.74. The lowest BCUT2D eigenvalue weighted by molar-refractivity contribution is 0.0697. The van der Waals surface area contributed by atoms with Crippen LogP contribution in [0.15, 0.2) is 54.6 Å². The minimum Gasteiger partial charge on any atom is -0.490 e. The molecule has 162 valence electrons. The molecule has 0 radical (unpaired) electrons. The molecule has 0 unspecified atom stereocenters. The Balaban J connectivity index is 1.72. The molecule has 0 amide bonds. The van der Waals surface area contributed by atoms with Crippen LogP contribution in [-0.2, 0) is 13.2 Å². The van der Waals surface area contributed by atoms with Crippen LogP contribution in [0.1, 0.15) is 28.4 Å². The van der Waals surface area contributed by atoms with Crippen molar-refractivity contribution in [2.75, 3.05) is 11.9 Å². The van der Waals surface area contributed by atoms with Gasteiger partial charge >= 0.3 is 5.97 Å². The summed E-state index contributed by atoms with van der Waals surface area (Å²) in [7, 11) is 0. The summed E-state index contributed by atoms with van der Waals surface area (Å²) in [6.07, 6.45) is 0. The van der Waals surface area contributed by atoms with Crippen LogP contribution in [0, 0.1) is 0 Å². The van der Waals surface area contributed by atoms with Gasteiger partial charge in [0.05, 0.1) is 27.2 Å². The highest BCUT2D eigenvalue weighted by molar-refractivity contribution is 6.42. The van der Waals surface area contributed by atoms with E-state index < -0.39 is 5.97 Å². The Labute approximate surface area is 195 Å². The van der Waals surface area contributed by atoms with Gasteiger partial charge in [0.25, 0.3) is 0 Å². The van der Waals surface area contributed by atoms with E-state index in [0.717, 1.165) is 16.8 Å². The first-order valence-corrected chi connectivity index (χ1v) is 10.6. The molecule has 0 atom stereocenters. The summed E-state index contributed by atoms with van der Waals surface area (Å²) < 4.78 is 11.7. The van der Waals surface area contributed by atoms with Crippen LogP contribution in [0.2, 0.25) is 15.1 Å². The van der Waals surface area contributed by atoms with E-state index in [1.54, 1.807) is 42.5 Å². The number of ether oxygens (including phenoxy) is 2. The number of rotatable bonds is 9. The maximum atomic E-state index is 11.0. The highest BCUT2D eigenvalue weighted by Crippen LogP contribution is 2.37. The van der Waals surface area contributed by atoms with E-state index in [9.17, 15) is 4.79 Å². The molecule has 0 spiro atoms. The molecule has 3 aromatic carbocycles. The fourth-order valence-corrected chi connectivity index (χ4v) is 3.45. The van der Waals surface area contributed by atoms with Crippen LogP contribution in [0.5, 0.6) is 11.5 Å². The molecule has 0 heterocycles. The van der Waals surface area contributed by atoms with Gasteiger partial charge in [0, 0.05) is 12.2 Å². The van der Waals surface area contributed by atoms with Crippen molar-refractivity contribution >= 4 is 46.5 Å². The van der Waals surface area contributed by atoms with Crippen LogP contribution in [0.4, 0.5) is 5.69 Å². The number of aromatic carboxylic acids is 1. The topological polar surface area (TPSA) is 67.8 Å². The van der Waals surface area contributed by atoms with Gasteiger partial charge in [-0.25, -0.2) is 4.79 Å². The van der Waals surface area contributed by atoms with Gasteiger partial charge < -0.3 is 19.9 Å². The molecule has 0 aliphatic rings. The number of hydrogen-bond donors (Lipinski definition) is 2. The van der Waals surface area contributed by atoms with Crippen molar-refractivity contribution in [3.8, 4) is 11.5 Å². The van der Waals surface area contributed by atoms with Crippen molar-refractivity contribution in [3.05, 3.63) is 86.4 Å². The van der Waals surface area contributed by atoms with E-state index in [0.29, 0.717) is 39.7 Å². The Hall–Kier alpha value is -2.60. The van der Waals surface area contributed by atoms with Gasteiger partial charge in [-0.2, -0.15) is 0 Å². The van der Waals surface area contributed by atoms with E-state index in [4.69, 9.17) is 49.4 Å². The summed E-state index contributed by atoms with van der Waals surface area (Å²) in [5, 5.41) is 13.6. The Bertz CT molecular complexity index is 1070. The van der Waals surface area contributed by atoms with Crippen LogP contribution in [0.3, 0.4) is 0 Å². The first-order chi connectivity index (χ1) is 14.9. The first-order valence-electron chi connectivity index (χ1n) is 9.46. The Morgan fingerprint density at radius 2 is 1.61 bits per heavy atom. The van der Waals surface area contributed by atoms with Gasteiger partial charge in [-0.1, -0.05) is 40.9 Å². The number of carbonyl (C=O) groups is 1. The molecule has 31 heavy (non-hydrogen) atoms. The zero-order valence-electron chi connectivity index (χ0n) is 16.6. The molecule has 0 fully saturated rings. The molecule has 0 saturated carbocycles. The van der Waals surface area contributed by atoms with Crippen LogP contribution < -0.4 is 14.8 Å². The molecular formula is C23H20Cl3NO4. The minimum absolute atomic E-state index is 0.232. The standard InChI is InChI=1S/C23H20Cl3NO4/c1-2-30-21-11-15(12-27-17-6-4-16(5-7-17)23(28)29)10-20(26)22(21)31-13-14-3-8-18(24)19(25)9-14/h3-11,27H,2,12-13H2,1H3,(H,28,29). The lowest BCUT2D eigenvalue weighted by atomic mass is 10.1. The summed E-state index contributed by atoms with van der Waals surface area (Å²) in [4.78, 5) is 11.0. The van der Waals surface area contributed by atoms with Crippen LogP contribution >= 0.6 is 34.8 Å². The molecule has 0 aromatic heterocycles. The SMILES string of the molecule is CCOc1cc(CNc2ccc(C(=O)O)cc2)cc(Cl)c1OCc1ccc(Cl)c(Cl)c1. The second kappa shape index (κ2) is 10.6. The number of benzene rings is 3. The quantitative estimate of drug-likeness (QED) is 0.347. The van der Waals surface area contributed by atoms with Crippen LogP contribution in [-0.4, -0.2) is 17.7 Å². The van der Waals surface area contributed by atoms with Gasteiger partial charge in [0.15, 0.2) is 11.5 Å². The molecule has 8 heteroatoms. The molecule has 2 N–H and O–H groups in total. The van der Waals surface area contributed by atoms with Gasteiger partial charge in [-0.05, 0) is 66.6 Å². The Morgan fingerprint density at radius 1 is 0.903 bits per heavy atom. The molecule has 3 aromatic rings. The predicted octanol–water partition coefficient (Wildman–Crippen LogP) is 6.93. The van der Waals surface area contributed by atoms with Gasteiger partial charge in [0.1, 0.15) is 6.61 Å². The lowest BCUT2D eigenvalue weighted by Gasteiger charge is -2.16. The van der Waals surface area contributed by atoms with Gasteiger partial charge in [-0.3, -0.25) is 0 Å². The lowest BCUT2D eigenvalue weighted by Crippen LogP contribution is -2.04. The van der Waals surface area contributed by atoms with Crippen molar-refractivity contribution in [1.29, 1.82) is 0 Å². The monoisotopic (exact) mass is 479 g/mol. The van der Waals surface area contributed by atoms with Crippen molar-refractivity contribution in [2.24, 2.45) is 0 Å². The third-order valence-electron chi connectivity index (χ3n) is 4.36. The molecule has 0 bridgehead atoms. The fourth-order valence-electron chi connectivity index (χ4n) is 2.85. The number of anilines is 1. The van der Waals surface area contributed by atoms with Crippen molar-refractivity contribution in [1.82, 2.24) is 0 Å². The molecule has 3 rings (SSSR count). The van der Waals surface area contributed by atoms with E-state index in [1.165, 1.54) is 0 Å². The number of carboxylic acid groups (broad SMARTS) is 1. The van der Waals surface area contributed by atoms with Gasteiger partial charge in [0.2, 0.25) is 0 Å². The molecule has 5 nitrogen and oxygen atoms in total. The maximum Gasteiger partial charge on any atom is 0.335 e. The third kappa shape index (κ3) is 6.20. The summed E-state index contributed by atoms with van der Waals surface area (Å²) in [6.45, 7) is 3.06. The maximum absolute atomic E-state index is 11.0. The number of halogens is 3. The van der Waals surface area contributed by atoms with Crippen molar-refractivity contribution in [3.63, 3.8) is 0 Å². The molecule has 0 aliphatic heterocycles. The molecular weight excluding hydrogens is 461 g/mol. The van der Waals surface area contributed by atoms with Crippen molar-refractivity contribution < 1.29 is 19.4 Å². The largest absolute Gasteiger partial charge is 0.490 e. The van der Waals surface area contributed by atoms with E-state index in [-0.39, 0.29) is 12.2 Å². The summed E-state index contributed by atoms with van der Waals surface area (Å²) >= 11 is 18.5. The minimum atomic E-state index is -0.962. The Morgan fingerprint density at radius 3 is 2.26 bits per heavy atom. The van der Waals surface area contributed by atoms with E-state index in [1.807, 2.05) is 19.1 Å². The summed E-state index contributed by atoms with van der Waals surface area (Å²) in [5.74, 6) is 0.0217. The number of carboxylic acids is 1. The average molecular weight is 481 g/mol. The zero-order valence-corrected chi connectivity index (χ0v) is 18.9. The first kappa shape index (κ1) is 23.1. The zero-order chi connectivity index (χ0) is 22.4. The van der Waals surface area contributed by atoms with E-state index in [2.05, 4.69) is 5.32 Å². The smallest absolute Gasteiger partial charge is 0.335 e. The Kier molecular flexibility index (Phi) is 7.91. The second-order valence-electron chi connectivity index (χ2n) is 6.61. The summed E-state index contributed by atoms with van der Waals surface area (Å²) in [6, 6.07) is 15.5. The second-order valence-corrected chi connectivity index (χ2v) is 7.83. The van der Waals surface area contributed by atoms with Crippen LogP contribution in [0.25, 0.3) is 0 Å². The van der Waals surface area contributed by atoms with Gasteiger partial charge in [-0.15, -0.1) is 0 Å². The normalized spacial score (nSPS) is 10.6.